The van der Waals surface area contributed by atoms with Gasteiger partial charge in [0, 0.05) is 12.7 Å². The SMILES string of the molecule is CC.CCC(=O)Nc1ccccc1OC(/C=N/SC)=C(/C)OCc1ccccc1. The third-order valence-corrected chi connectivity index (χ3v) is 3.94. The lowest BCUT2D eigenvalue weighted by molar-refractivity contribution is -0.115. The second kappa shape index (κ2) is 14.3. The molecule has 29 heavy (non-hydrogen) atoms. The summed E-state index contributed by atoms with van der Waals surface area (Å²) in [4.78, 5) is 11.8. The number of amides is 1. The van der Waals surface area contributed by atoms with Gasteiger partial charge >= 0.3 is 0 Å². The Morgan fingerprint density at radius 2 is 1.76 bits per heavy atom. The van der Waals surface area contributed by atoms with Crippen LogP contribution in [0.15, 0.2) is 70.5 Å². The summed E-state index contributed by atoms with van der Waals surface area (Å²) in [5.41, 5.74) is 1.67. The Labute approximate surface area is 178 Å². The van der Waals surface area contributed by atoms with Crippen LogP contribution in [0.3, 0.4) is 0 Å². The average molecular weight is 415 g/mol. The molecule has 0 saturated heterocycles. The van der Waals surface area contributed by atoms with E-state index in [4.69, 9.17) is 9.47 Å². The summed E-state index contributed by atoms with van der Waals surface area (Å²) in [6.45, 7) is 8.07. The molecule has 0 aliphatic heterocycles. The predicted molar refractivity (Wildman–Crippen MR) is 123 cm³/mol. The van der Waals surface area contributed by atoms with Crippen LogP contribution in [0.5, 0.6) is 5.75 Å². The van der Waals surface area contributed by atoms with Crippen molar-refractivity contribution in [3.63, 3.8) is 0 Å². The number of rotatable bonds is 9. The first-order chi connectivity index (χ1) is 14.1. The van der Waals surface area contributed by atoms with Gasteiger partial charge in [-0.05, 0) is 36.6 Å². The summed E-state index contributed by atoms with van der Waals surface area (Å²) < 4.78 is 16.1. The van der Waals surface area contributed by atoms with Gasteiger partial charge in [0.2, 0.25) is 5.91 Å². The van der Waals surface area contributed by atoms with E-state index in [1.165, 1.54) is 11.9 Å². The zero-order valence-electron chi connectivity index (χ0n) is 17.8. The summed E-state index contributed by atoms with van der Waals surface area (Å²) in [6.07, 6.45) is 3.87. The van der Waals surface area contributed by atoms with Crippen LogP contribution in [0.25, 0.3) is 0 Å². The minimum atomic E-state index is -0.0774. The maximum absolute atomic E-state index is 11.8. The normalized spacial score (nSPS) is 11.2. The van der Waals surface area contributed by atoms with Gasteiger partial charge in [0.15, 0.2) is 11.5 Å². The molecule has 156 valence electrons. The van der Waals surface area contributed by atoms with Gasteiger partial charge in [-0.25, -0.2) is 4.40 Å². The molecule has 0 aliphatic rings. The third kappa shape index (κ3) is 8.87. The van der Waals surface area contributed by atoms with Gasteiger partial charge in [0.1, 0.15) is 12.4 Å². The Hall–Kier alpha value is -2.73. The lowest BCUT2D eigenvalue weighted by Crippen LogP contribution is -2.11. The Kier molecular flexibility index (Phi) is 12.0. The molecule has 2 rings (SSSR count). The van der Waals surface area contributed by atoms with Crippen molar-refractivity contribution in [3.8, 4) is 5.75 Å². The number of carbonyl (C=O) groups is 1. The van der Waals surface area contributed by atoms with E-state index in [-0.39, 0.29) is 5.91 Å². The van der Waals surface area contributed by atoms with Crippen LogP contribution in [-0.4, -0.2) is 18.4 Å². The van der Waals surface area contributed by atoms with Crippen molar-refractivity contribution in [2.75, 3.05) is 11.6 Å². The number of carbonyl (C=O) groups excluding carboxylic acids is 1. The van der Waals surface area contributed by atoms with Gasteiger partial charge in [-0.15, -0.1) is 0 Å². The van der Waals surface area contributed by atoms with Gasteiger partial charge in [-0.1, -0.05) is 63.2 Å². The molecule has 2 aromatic carbocycles. The number of hydrogen-bond acceptors (Lipinski definition) is 5. The molecule has 0 aromatic heterocycles. The summed E-state index contributed by atoms with van der Waals surface area (Å²) in [5, 5.41) is 2.84. The minimum Gasteiger partial charge on any atom is -0.490 e. The molecule has 6 heteroatoms. The zero-order chi connectivity index (χ0) is 21.5. The maximum atomic E-state index is 11.8. The van der Waals surface area contributed by atoms with E-state index in [9.17, 15) is 4.79 Å². The summed E-state index contributed by atoms with van der Waals surface area (Å²) in [7, 11) is 0. The lowest BCUT2D eigenvalue weighted by atomic mass is 10.2. The summed E-state index contributed by atoms with van der Waals surface area (Å²) in [5.74, 6) is 1.54. The number of allylic oxidation sites excluding steroid dienone is 2. The number of nitrogens with one attached hydrogen (secondary N) is 1. The fraction of sp³-hybridized carbons (Fsp3) is 0.304. The van der Waals surface area contributed by atoms with Crippen LogP contribution in [-0.2, 0) is 16.1 Å². The highest BCUT2D eigenvalue weighted by atomic mass is 32.2. The third-order valence-electron chi connectivity index (χ3n) is 3.62. The molecule has 5 nitrogen and oxygen atoms in total. The van der Waals surface area contributed by atoms with E-state index in [0.29, 0.717) is 36.0 Å². The highest BCUT2D eigenvalue weighted by Crippen LogP contribution is 2.27. The Morgan fingerprint density at radius 3 is 2.41 bits per heavy atom. The minimum absolute atomic E-state index is 0.0774. The molecule has 0 spiro atoms. The molecule has 0 heterocycles. The fourth-order valence-electron chi connectivity index (χ4n) is 2.14. The molecule has 0 atom stereocenters. The van der Waals surface area contributed by atoms with Crippen molar-refractivity contribution in [1.82, 2.24) is 0 Å². The van der Waals surface area contributed by atoms with Crippen molar-refractivity contribution in [2.45, 2.75) is 40.7 Å². The molecule has 1 N–H and O–H groups in total. The zero-order valence-corrected chi connectivity index (χ0v) is 18.6. The van der Waals surface area contributed by atoms with E-state index in [1.807, 2.05) is 69.5 Å². The molecule has 0 unspecified atom stereocenters. The van der Waals surface area contributed by atoms with Gasteiger partial charge in [0.25, 0.3) is 0 Å². The van der Waals surface area contributed by atoms with E-state index >= 15 is 0 Å². The highest BCUT2D eigenvalue weighted by molar-refractivity contribution is 7.97. The second-order valence-electron chi connectivity index (χ2n) is 5.61. The average Bonchev–Trinajstić information content (AvgIpc) is 2.78. The molecule has 0 saturated carbocycles. The monoisotopic (exact) mass is 414 g/mol. The molecular formula is C23H30N2O3S. The van der Waals surface area contributed by atoms with Crippen LogP contribution in [0.2, 0.25) is 0 Å². The Morgan fingerprint density at radius 1 is 1.10 bits per heavy atom. The van der Waals surface area contributed by atoms with E-state index in [1.54, 1.807) is 25.3 Å². The van der Waals surface area contributed by atoms with E-state index < -0.39 is 0 Å². The fourth-order valence-corrected chi connectivity index (χ4v) is 2.34. The number of ether oxygens (including phenoxy) is 2. The molecule has 0 fully saturated rings. The summed E-state index contributed by atoms with van der Waals surface area (Å²) in [6, 6.07) is 17.2. The van der Waals surface area contributed by atoms with Crippen LogP contribution in [0.4, 0.5) is 5.69 Å². The lowest BCUT2D eigenvalue weighted by Gasteiger charge is -2.15. The molecule has 0 radical (unpaired) electrons. The Bertz CT molecular complexity index is 805. The number of anilines is 1. The first-order valence-corrected chi connectivity index (χ1v) is 10.8. The maximum Gasteiger partial charge on any atom is 0.224 e. The van der Waals surface area contributed by atoms with Crippen LogP contribution >= 0.6 is 11.9 Å². The quantitative estimate of drug-likeness (QED) is 0.300. The van der Waals surface area contributed by atoms with Crippen molar-refractivity contribution in [3.05, 3.63) is 71.7 Å². The largest absolute Gasteiger partial charge is 0.490 e. The van der Waals surface area contributed by atoms with Crippen LogP contribution < -0.4 is 10.1 Å². The molecule has 2 aromatic rings. The molecule has 1 amide bonds. The van der Waals surface area contributed by atoms with Crippen molar-refractivity contribution in [1.29, 1.82) is 0 Å². The molecule has 0 bridgehead atoms. The Balaban J connectivity index is 0.00000204. The predicted octanol–water partition coefficient (Wildman–Crippen LogP) is 6.24. The van der Waals surface area contributed by atoms with Gasteiger partial charge in [-0.2, -0.15) is 0 Å². The van der Waals surface area contributed by atoms with Gasteiger partial charge in [0.05, 0.1) is 11.9 Å². The topological polar surface area (TPSA) is 59.9 Å². The van der Waals surface area contributed by atoms with Crippen LogP contribution in [0.1, 0.15) is 39.7 Å². The van der Waals surface area contributed by atoms with E-state index in [0.717, 1.165) is 5.56 Å². The second-order valence-corrected chi connectivity index (χ2v) is 6.19. The summed E-state index contributed by atoms with van der Waals surface area (Å²) >= 11 is 1.32. The first-order valence-electron chi connectivity index (χ1n) is 9.65. The molecular weight excluding hydrogens is 384 g/mol. The van der Waals surface area contributed by atoms with Gasteiger partial charge in [-0.3, -0.25) is 4.79 Å². The molecule has 0 aliphatic carbocycles. The van der Waals surface area contributed by atoms with Gasteiger partial charge < -0.3 is 14.8 Å². The smallest absolute Gasteiger partial charge is 0.224 e. The number of nitrogens with zero attached hydrogens (tertiary/aromatic N) is 1. The number of benzene rings is 2. The van der Waals surface area contributed by atoms with Crippen molar-refractivity contribution < 1.29 is 14.3 Å². The standard InChI is InChI=1S/C21H24N2O3S.C2H6/c1-4-21(24)23-18-12-8-9-13-19(18)26-20(14-22-27-3)16(2)25-15-17-10-6-5-7-11-17;1-2/h5-14H,4,15H2,1-3H3,(H,23,24);1-2H3/b20-16-,22-14+;. The number of hydrogen-bond donors (Lipinski definition) is 1. The van der Waals surface area contributed by atoms with Crippen molar-refractivity contribution >= 4 is 29.8 Å². The number of para-hydroxylation sites is 2. The van der Waals surface area contributed by atoms with Crippen LogP contribution in [0, 0.1) is 0 Å². The van der Waals surface area contributed by atoms with E-state index in [2.05, 4.69) is 9.71 Å². The highest BCUT2D eigenvalue weighted by Gasteiger charge is 2.11. The van der Waals surface area contributed by atoms with Crippen molar-refractivity contribution in [2.24, 2.45) is 4.40 Å². The first kappa shape index (κ1) is 24.3.